The molecule has 0 amide bonds. The van der Waals surface area contributed by atoms with Crippen molar-refractivity contribution < 1.29 is 10.2 Å². The number of aliphatic hydroxyl groups is 2. The Morgan fingerprint density at radius 3 is 1.32 bits per heavy atom. The fourth-order valence-electron chi connectivity index (χ4n) is 2.47. The number of hydrogen-bond acceptors (Lipinski definition) is 4. The van der Waals surface area contributed by atoms with Gasteiger partial charge in [-0.15, -0.1) is 0 Å². The summed E-state index contributed by atoms with van der Waals surface area (Å²) in [7, 11) is 0. The monoisotopic (exact) mass is 318 g/mol. The lowest BCUT2D eigenvalue weighted by atomic mass is 10.2. The van der Waals surface area contributed by atoms with Gasteiger partial charge in [-0.05, 0) is 53.6 Å². The molecule has 0 unspecified atom stereocenters. The molecule has 2 N–H and O–H groups in total. The molecule has 0 radical (unpaired) electrons. The lowest BCUT2D eigenvalue weighted by Crippen LogP contribution is -2.38. The number of unbranched alkanes of at least 4 members (excludes halogenated alkanes) is 2. The molecule has 0 bridgehead atoms. The average Bonchev–Trinajstić information content (AvgIpc) is 2.47. The summed E-state index contributed by atoms with van der Waals surface area (Å²) in [5, 5.41) is 17.5. The lowest BCUT2D eigenvalue weighted by molar-refractivity contribution is 0.134. The molecule has 0 spiro atoms. The van der Waals surface area contributed by atoms with E-state index in [9.17, 15) is 0 Å². The van der Waals surface area contributed by atoms with E-state index in [1.165, 1.54) is 25.7 Å². The van der Waals surface area contributed by atoms with Crippen molar-refractivity contribution in [2.75, 3.05) is 39.4 Å². The van der Waals surface area contributed by atoms with Crippen LogP contribution in [0.15, 0.2) is 0 Å². The Labute approximate surface area is 139 Å². The molecule has 0 aliphatic rings. The van der Waals surface area contributed by atoms with Gasteiger partial charge in [-0.3, -0.25) is 4.90 Å². The van der Waals surface area contributed by atoms with Crippen LogP contribution in [0.1, 0.15) is 67.2 Å². The van der Waals surface area contributed by atoms with Gasteiger partial charge in [0.15, 0.2) is 0 Å². The summed E-state index contributed by atoms with van der Waals surface area (Å²) >= 11 is 0. The maximum absolute atomic E-state index is 8.79. The highest BCUT2D eigenvalue weighted by molar-refractivity contribution is 4.65. The molecule has 22 heavy (non-hydrogen) atoms. The molecule has 0 heterocycles. The van der Waals surface area contributed by atoms with Crippen molar-refractivity contribution >= 4 is 0 Å². The standard InChI is InChI=1S/C10H23NO.C8H19NO/c1-3-5-7-11(9-10-12)8-6-4-2;1-7(2)9(5-6-10)8(3)4/h12H,3-10H2,1-2H3;7-8,10H,5-6H2,1-4H3. The number of rotatable bonds is 12. The second-order valence-electron chi connectivity index (χ2n) is 6.42. The number of nitrogens with zero attached hydrogens (tertiary/aromatic N) is 2. The van der Waals surface area contributed by atoms with Gasteiger partial charge in [-0.25, -0.2) is 0 Å². The summed E-state index contributed by atoms with van der Waals surface area (Å²) in [6, 6.07) is 1.07. The third-order valence-electron chi connectivity index (χ3n) is 3.76. The highest BCUT2D eigenvalue weighted by Crippen LogP contribution is 2.02. The minimum atomic E-state index is 0.260. The van der Waals surface area contributed by atoms with Gasteiger partial charge in [0.05, 0.1) is 13.2 Å². The maximum atomic E-state index is 8.79. The molecule has 0 aliphatic heterocycles. The van der Waals surface area contributed by atoms with Gasteiger partial charge >= 0.3 is 0 Å². The van der Waals surface area contributed by atoms with Crippen molar-refractivity contribution in [1.29, 1.82) is 0 Å². The number of aliphatic hydroxyl groups excluding tert-OH is 2. The predicted octanol–water partition coefficient (Wildman–Crippen LogP) is 2.98. The van der Waals surface area contributed by atoms with Crippen LogP contribution in [0, 0.1) is 0 Å². The second-order valence-corrected chi connectivity index (χ2v) is 6.42. The van der Waals surface area contributed by atoms with Crippen LogP contribution in [0.4, 0.5) is 0 Å². The zero-order chi connectivity index (χ0) is 17.4. The van der Waals surface area contributed by atoms with E-state index in [4.69, 9.17) is 10.2 Å². The van der Waals surface area contributed by atoms with Gasteiger partial charge in [0.1, 0.15) is 0 Å². The number of hydrogen-bond donors (Lipinski definition) is 2. The minimum Gasteiger partial charge on any atom is -0.395 e. The van der Waals surface area contributed by atoms with E-state index in [2.05, 4.69) is 51.3 Å². The molecular weight excluding hydrogens is 276 g/mol. The Morgan fingerprint density at radius 2 is 1.09 bits per heavy atom. The van der Waals surface area contributed by atoms with Gasteiger partial charge in [0.2, 0.25) is 0 Å². The molecule has 0 aromatic carbocycles. The van der Waals surface area contributed by atoms with Crippen molar-refractivity contribution in [3.63, 3.8) is 0 Å². The molecule has 0 aromatic rings. The molecule has 0 rings (SSSR count). The fourth-order valence-corrected chi connectivity index (χ4v) is 2.47. The van der Waals surface area contributed by atoms with Crippen LogP contribution in [-0.4, -0.2) is 71.5 Å². The Bertz CT molecular complexity index is 195. The molecule has 4 nitrogen and oxygen atoms in total. The van der Waals surface area contributed by atoms with Gasteiger partial charge in [-0.1, -0.05) is 26.7 Å². The first-order chi connectivity index (χ1) is 10.4. The van der Waals surface area contributed by atoms with E-state index in [1.54, 1.807) is 0 Å². The van der Waals surface area contributed by atoms with E-state index in [0.717, 1.165) is 26.2 Å². The Morgan fingerprint density at radius 1 is 0.682 bits per heavy atom. The van der Waals surface area contributed by atoms with E-state index < -0.39 is 0 Å². The normalized spacial score (nSPS) is 11.5. The molecule has 0 aliphatic carbocycles. The fraction of sp³-hybridized carbons (Fsp3) is 1.00. The van der Waals surface area contributed by atoms with Crippen LogP contribution >= 0.6 is 0 Å². The Balaban J connectivity index is 0. The van der Waals surface area contributed by atoms with E-state index in [-0.39, 0.29) is 6.61 Å². The molecule has 136 valence electrons. The topological polar surface area (TPSA) is 46.9 Å². The Hall–Kier alpha value is -0.160. The van der Waals surface area contributed by atoms with Crippen LogP contribution in [-0.2, 0) is 0 Å². The van der Waals surface area contributed by atoms with Crippen molar-refractivity contribution in [1.82, 2.24) is 9.80 Å². The molecule has 4 heteroatoms. The average molecular weight is 319 g/mol. The molecule has 0 atom stereocenters. The van der Waals surface area contributed by atoms with Crippen LogP contribution in [0.2, 0.25) is 0 Å². The lowest BCUT2D eigenvalue weighted by Gasteiger charge is -2.29. The van der Waals surface area contributed by atoms with Crippen molar-refractivity contribution in [2.45, 2.75) is 79.3 Å². The van der Waals surface area contributed by atoms with Crippen molar-refractivity contribution in [3.8, 4) is 0 Å². The summed E-state index contributed by atoms with van der Waals surface area (Å²) < 4.78 is 0. The maximum Gasteiger partial charge on any atom is 0.0558 e. The predicted molar refractivity (Wildman–Crippen MR) is 97.4 cm³/mol. The molecule has 0 fully saturated rings. The smallest absolute Gasteiger partial charge is 0.0558 e. The quantitative estimate of drug-likeness (QED) is 0.581. The van der Waals surface area contributed by atoms with Gasteiger partial charge in [0.25, 0.3) is 0 Å². The molecule has 0 aromatic heterocycles. The highest BCUT2D eigenvalue weighted by atomic mass is 16.3. The largest absolute Gasteiger partial charge is 0.395 e. The van der Waals surface area contributed by atoms with E-state index in [0.29, 0.717) is 18.7 Å². The molecule has 0 saturated carbocycles. The SMILES string of the molecule is CC(C)N(CCO)C(C)C.CCCCN(CCO)CCCC. The first-order valence-corrected chi connectivity index (χ1v) is 9.14. The van der Waals surface area contributed by atoms with Gasteiger partial charge < -0.3 is 15.1 Å². The van der Waals surface area contributed by atoms with Gasteiger partial charge in [0, 0.05) is 25.2 Å². The van der Waals surface area contributed by atoms with Crippen LogP contribution < -0.4 is 0 Å². The summed E-state index contributed by atoms with van der Waals surface area (Å²) in [5.41, 5.74) is 0. The molecular formula is C18H42N2O2. The zero-order valence-electron chi connectivity index (χ0n) is 16.0. The van der Waals surface area contributed by atoms with E-state index >= 15 is 0 Å². The third-order valence-corrected chi connectivity index (χ3v) is 3.76. The summed E-state index contributed by atoms with van der Waals surface area (Å²) in [5.74, 6) is 0. The third kappa shape index (κ3) is 14.8. The van der Waals surface area contributed by atoms with Crippen molar-refractivity contribution in [2.24, 2.45) is 0 Å². The molecule has 0 saturated heterocycles. The first kappa shape index (κ1) is 24.1. The second kappa shape index (κ2) is 17.2. The van der Waals surface area contributed by atoms with Crippen molar-refractivity contribution in [3.05, 3.63) is 0 Å². The summed E-state index contributed by atoms with van der Waals surface area (Å²) in [6.07, 6.45) is 5.00. The van der Waals surface area contributed by atoms with Gasteiger partial charge in [-0.2, -0.15) is 0 Å². The minimum absolute atomic E-state index is 0.260. The summed E-state index contributed by atoms with van der Waals surface area (Å²) in [4.78, 5) is 4.62. The first-order valence-electron chi connectivity index (χ1n) is 9.14. The Kier molecular flexibility index (Phi) is 18.8. The van der Waals surface area contributed by atoms with Crippen LogP contribution in [0.5, 0.6) is 0 Å². The van der Waals surface area contributed by atoms with Crippen LogP contribution in [0.25, 0.3) is 0 Å². The van der Waals surface area contributed by atoms with E-state index in [1.807, 2.05) is 0 Å². The summed E-state index contributed by atoms with van der Waals surface area (Å²) in [6.45, 7) is 17.5. The van der Waals surface area contributed by atoms with Crippen LogP contribution in [0.3, 0.4) is 0 Å². The zero-order valence-corrected chi connectivity index (χ0v) is 16.0. The highest BCUT2D eigenvalue weighted by Gasteiger charge is 2.11.